The monoisotopic (exact) mass is 450 g/mol. The fourth-order valence-electron chi connectivity index (χ4n) is 4.14. The van der Waals surface area contributed by atoms with Crippen LogP contribution in [0, 0.1) is 6.92 Å². The molecule has 0 aliphatic rings. The average Bonchev–Trinajstić information content (AvgIpc) is 2.86. The van der Waals surface area contributed by atoms with E-state index in [2.05, 4.69) is 6.07 Å². The first-order chi connectivity index (χ1) is 15.9. The van der Waals surface area contributed by atoms with E-state index in [1.54, 1.807) is 7.11 Å². The van der Waals surface area contributed by atoms with E-state index in [1.807, 2.05) is 69.3 Å². The van der Waals surface area contributed by atoms with Crippen LogP contribution in [0.4, 0.5) is 0 Å². The Hall–Kier alpha value is -2.86. The van der Waals surface area contributed by atoms with Gasteiger partial charge in [0.05, 0.1) is 25.9 Å². The molecule has 0 aliphatic heterocycles. The molecule has 5 nitrogen and oxygen atoms in total. The number of hydrogen-bond donors (Lipinski definition) is 3. The summed E-state index contributed by atoms with van der Waals surface area (Å²) < 4.78 is 11.7. The fraction of sp³-hybridized carbons (Fsp3) is 0.357. The number of ether oxygens (including phenoxy) is 2. The molecule has 0 bridgehead atoms. The lowest BCUT2D eigenvalue weighted by molar-refractivity contribution is 0.0283. The average molecular weight is 451 g/mol. The van der Waals surface area contributed by atoms with Crippen molar-refractivity contribution in [3.05, 3.63) is 82.4 Å². The smallest absolute Gasteiger partial charge is 0.126 e. The Kier molecular flexibility index (Phi) is 8.14. The van der Waals surface area contributed by atoms with Crippen LogP contribution < -0.4 is 9.47 Å². The number of aliphatic hydroxyl groups excluding tert-OH is 2. The lowest BCUT2D eigenvalue weighted by Gasteiger charge is -2.27. The number of rotatable bonds is 10. The molecule has 5 heteroatoms. The van der Waals surface area contributed by atoms with Crippen molar-refractivity contribution in [2.75, 3.05) is 7.11 Å². The predicted molar refractivity (Wildman–Crippen MR) is 130 cm³/mol. The molecule has 0 amide bonds. The highest BCUT2D eigenvalue weighted by atomic mass is 16.5. The van der Waals surface area contributed by atoms with Gasteiger partial charge >= 0.3 is 0 Å². The SMILES string of the molecule is CCC(O)(CC)c1ccc(-c2cc(OCc3ccc(CO)c(CO)c3)ccc2OC)c(C)c1. The van der Waals surface area contributed by atoms with Gasteiger partial charge in [-0.25, -0.2) is 0 Å². The molecular formula is C28H34O5. The highest BCUT2D eigenvalue weighted by Crippen LogP contribution is 2.38. The minimum Gasteiger partial charge on any atom is -0.496 e. The molecule has 3 rings (SSSR count). The minimum atomic E-state index is -0.822. The van der Waals surface area contributed by atoms with Crippen molar-refractivity contribution < 1.29 is 24.8 Å². The van der Waals surface area contributed by atoms with Crippen LogP contribution >= 0.6 is 0 Å². The molecule has 3 aromatic carbocycles. The van der Waals surface area contributed by atoms with Crippen molar-refractivity contribution in [2.45, 2.75) is 59.0 Å². The highest BCUT2D eigenvalue weighted by molar-refractivity contribution is 5.75. The van der Waals surface area contributed by atoms with Crippen molar-refractivity contribution >= 4 is 0 Å². The molecule has 3 aromatic rings. The Bertz CT molecular complexity index is 1090. The van der Waals surface area contributed by atoms with Gasteiger partial charge in [0.25, 0.3) is 0 Å². The van der Waals surface area contributed by atoms with E-state index in [0.717, 1.165) is 33.6 Å². The summed E-state index contributed by atoms with van der Waals surface area (Å²) in [5, 5.41) is 29.8. The van der Waals surface area contributed by atoms with Gasteiger partial charge in [0.1, 0.15) is 18.1 Å². The quantitative estimate of drug-likeness (QED) is 0.394. The molecule has 0 aromatic heterocycles. The molecule has 0 radical (unpaired) electrons. The largest absolute Gasteiger partial charge is 0.496 e. The predicted octanol–water partition coefficient (Wildman–Crippen LogP) is 5.24. The molecule has 0 saturated heterocycles. The van der Waals surface area contributed by atoms with Crippen LogP contribution in [0.5, 0.6) is 11.5 Å². The Labute approximate surface area is 196 Å². The number of benzene rings is 3. The van der Waals surface area contributed by atoms with Gasteiger partial charge in [-0.2, -0.15) is 0 Å². The molecule has 0 heterocycles. The molecule has 0 saturated carbocycles. The van der Waals surface area contributed by atoms with E-state index in [-0.39, 0.29) is 13.2 Å². The summed E-state index contributed by atoms with van der Waals surface area (Å²) in [5.41, 5.74) is 5.41. The van der Waals surface area contributed by atoms with Gasteiger partial charge < -0.3 is 24.8 Å². The van der Waals surface area contributed by atoms with E-state index in [4.69, 9.17) is 9.47 Å². The number of aryl methyl sites for hydroxylation is 1. The third kappa shape index (κ3) is 5.38. The first-order valence-electron chi connectivity index (χ1n) is 11.4. The summed E-state index contributed by atoms with van der Waals surface area (Å²) in [5.74, 6) is 1.44. The van der Waals surface area contributed by atoms with E-state index in [1.165, 1.54) is 0 Å². The van der Waals surface area contributed by atoms with Crippen LogP contribution in [-0.4, -0.2) is 22.4 Å². The molecule has 0 unspecified atom stereocenters. The molecule has 0 atom stereocenters. The standard InChI is InChI=1S/C28H34O5/c1-5-28(31,6-2)23-9-11-25(19(3)13-23)26-15-24(10-12-27(26)32-4)33-18-20-7-8-21(16-29)22(14-20)17-30/h7-15,29-31H,5-6,16-18H2,1-4H3. The van der Waals surface area contributed by atoms with E-state index < -0.39 is 5.60 Å². The second-order valence-electron chi connectivity index (χ2n) is 8.34. The van der Waals surface area contributed by atoms with Crippen molar-refractivity contribution in [2.24, 2.45) is 0 Å². The van der Waals surface area contributed by atoms with Crippen molar-refractivity contribution in [3.63, 3.8) is 0 Å². The van der Waals surface area contributed by atoms with Crippen molar-refractivity contribution in [1.29, 1.82) is 0 Å². The molecule has 0 spiro atoms. The van der Waals surface area contributed by atoms with E-state index in [9.17, 15) is 15.3 Å². The minimum absolute atomic E-state index is 0.106. The Balaban J connectivity index is 1.89. The summed E-state index contributed by atoms with van der Waals surface area (Å²) in [6, 6.07) is 17.3. The van der Waals surface area contributed by atoms with Gasteiger partial charge in [-0.15, -0.1) is 0 Å². The molecule has 33 heavy (non-hydrogen) atoms. The van der Waals surface area contributed by atoms with Gasteiger partial charge in [0.15, 0.2) is 0 Å². The van der Waals surface area contributed by atoms with Crippen LogP contribution in [-0.2, 0) is 25.4 Å². The zero-order valence-electron chi connectivity index (χ0n) is 19.9. The third-order valence-corrected chi connectivity index (χ3v) is 6.41. The van der Waals surface area contributed by atoms with Crippen LogP contribution in [0.2, 0.25) is 0 Å². The molecular weight excluding hydrogens is 416 g/mol. The lowest BCUT2D eigenvalue weighted by atomic mass is 9.86. The number of hydrogen-bond acceptors (Lipinski definition) is 5. The maximum absolute atomic E-state index is 10.9. The van der Waals surface area contributed by atoms with Gasteiger partial charge in [-0.3, -0.25) is 0 Å². The van der Waals surface area contributed by atoms with Crippen LogP contribution in [0.1, 0.15) is 54.5 Å². The zero-order valence-corrected chi connectivity index (χ0v) is 19.9. The summed E-state index contributed by atoms with van der Waals surface area (Å²) in [6.45, 7) is 6.13. The Morgan fingerprint density at radius 3 is 2.15 bits per heavy atom. The summed E-state index contributed by atoms with van der Waals surface area (Å²) in [7, 11) is 1.65. The maximum Gasteiger partial charge on any atom is 0.126 e. The summed E-state index contributed by atoms with van der Waals surface area (Å²) >= 11 is 0. The summed E-state index contributed by atoms with van der Waals surface area (Å²) in [4.78, 5) is 0. The fourth-order valence-corrected chi connectivity index (χ4v) is 4.14. The Morgan fingerprint density at radius 1 is 0.818 bits per heavy atom. The second kappa shape index (κ2) is 10.8. The maximum atomic E-state index is 10.9. The normalized spacial score (nSPS) is 11.5. The third-order valence-electron chi connectivity index (χ3n) is 6.41. The zero-order chi connectivity index (χ0) is 24.0. The second-order valence-corrected chi connectivity index (χ2v) is 8.34. The molecule has 0 fully saturated rings. The summed E-state index contributed by atoms with van der Waals surface area (Å²) in [6.07, 6.45) is 1.32. The first kappa shape index (κ1) is 24.8. The molecule has 176 valence electrons. The van der Waals surface area contributed by atoms with E-state index in [0.29, 0.717) is 36.3 Å². The van der Waals surface area contributed by atoms with Gasteiger partial charge in [0.2, 0.25) is 0 Å². The van der Waals surface area contributed by atoms with E-state index >= 15 is 0 Å². The number of aliphatic hydroxyl groups is 3. The van der Waals surface area contributed by atoms with Crippen LogP contribution in [0.3, 0.4) is 0 Å². The number of methoxy groups -OCH3 is 1. The van der Waals surface area contributed by atoms with Crippen LogP contribution in [0.25, 0.3) is 11.1 Å². The first-order valence-corrected chi connectivity index (χ1v) is 11.4. The van der Waals surface area contributed by atoms with Gasteiger partial charge in [-0.1, -0.05) is 44.2 Å². The molecule has 0 aliphatic carbocycles. The highest BCUT2D eigenvalue weighted by Gasteiger charge is 2.25. The van der Waals surface area contributed by atoms with Gasteiger partial charge in [0, 0.05) is 5.56 Å². The van der Waals surface area contributed by atoms with Crippen LogP contribution in [0.15, 0.2) is 54.6 Å². The van der Waals surface area contributed by atoms with Gasteiger partial charge in [-0.05, 0) is 77.4 Å². The van der Waals surface area contributed by atoms with Crippen molar-refractivity contribution in [3.8, 4) is 22.6 Å². The lowest BCUT2D eigenvalue weighted by Crippen LogP contribution is -2.23. The van der Waals surface area contributed by atoms with Crippen molar-refractivity contribution in [1.82, 2.24) is 0 Å². The topological polar surface area (TPSA) is 79.2 Å². The Morgan fingerprint density at radius 2 is 1.55 bits per heavy atom. The molecule has 3 N–H and O–H groups in total.